The molecular formula is C48H32. The van der Waals surface area contributed by atoms with E-state index in [1.165, 1.54) is 88.7 Å². The molecule has 2 aliphatic rings. The Morgan fingerprint density at radius 3 is 1.35 bits per heavy atom. The van der Waals surface area contributed by atoms with Crippen LogP contribution in [-0.4, -0.2) is 0 Å². The zero-order chi connectivity index (χ0) is 31.6. The molecule has 0 nitrogen and oxygen atoms in total. The van der Waals surface area contributed by atoms with Crippen molar-refractivity contribution in [1.29, 1.82) is 0 Å². The molecule has 0 amide bonds. The Kier molecular flexibility index (Phi) is 6.11. The Balaban J connectivity index is 1.05. The van der Waals surface area contributed by atoms with Crippen molar-refractivity contribution < 1.29 is 0 Å². The van der Waals surface area contributed by atoms with Crippen molar-refractivity contribution in [2.45, 2.75) is 11.8 Å². The molecule has 0 heterocycles. The summed E-state index contributed by atoms with van der Waals surface area (Å²) in [6.45, 7) is 0. The highest BCUT2D eigenvalue weighted by atomic mass is 14.3. The van der Waals surface area contributed by atoms with Crippen molar-refractivity contribution in [2.75, 3.05) is 0 Å². The fourth-order valence-corrected chi connectivity index (χ4v) is 8.37. The Hall–Kier alpha value is -5.98. The lowest BCUT2D eigenvalue weighted by atomic mass is 9.87. The molecule has 48 heavy (non-hydrogen) atoms. The van der Waals surface area contributed by atoms with E-state index in [0.717, 1.165) is 0 Å². The van der Waals surface area contributed by atoms with Gasteiger partial charge >= 0.3 is 0 Å². The topological polar surface area (TPSA) is 0 Å². The van der Waals surface area contributed by atoms with E-state index in [0.29, 0.717) is 0 Å². The molecule has 8 aromatic carbocycles. The van der Waals surface area contributed by atoms with Gasteiger partial charge in [-0.25, -0.2) is 0 Å². The van der Waals surface area contributed by atoms with E-state index in [-0.39, 0.29) is 11.8 Å². The molecule has 10 rings (SSSR count). The van der Waals surface area contributed by atoms with Crippen LogP contribution >= 0.6 is 0 Å². The van der Waals surface area contributed by atoms with E-state index in [1.54, 1.807) is 0 Å². The van der Waals surface area contributed by atoms with Gasteiger partial charge in [0.25, 0.3) is 0 Å². The van der Waals surface area contributed by atoms with Gasteiger partial charge in [-0.15, -0.1) is 0 Å². The molecule has 0 bridgehead atoms. The lowest BCUT2D eigenvalue weighted by molar-refractivity contribution is 1.02. The van der Waals surface area contributed by atoms with Gasteiger partial charge < -0.3 is 0 Å². The summed E-state index contributed by atoms with van der Waals surface area (Å²) < 4.78 is 0. The second kappa shape index (κ2) is 10.8. The molecule has 0 aromatic heterocycles. The largest absolute Gasteiger partial charge is 0.0622 e. The lowest BCUT2D eigenvalue weighted by Gasteiger charge is -2.16. The standard InChI is InChI=1S/C48H32/c1-2-10-31(11-3-1)33-18-21-34(22-19-33)47-41-16-8-6-14-39(41)45-29-36(24-26-43(45)47)37-25-27-44-46(30-37)40-15-7-9-17-42(40)48(44)38-23-20-32-12-4-5-13-35(32)28-38/h1-30,47-48H. The highest BCUT2D eigenvalue weighted by Crippen LogP contribution is 2.51. The molecule has 2 unspecified atom stereocenters. The molecule has 0 saturated heterocycles. The van der Waals surface area contributed by atoms with Crippen LogP contribution in [0.1, 0.15) is 45.2 Å². The summed E-state index contributed by atoms with van der Waals surface area (Å²) in [6.07, 6.45) is 0. The van der Waals surface area contributed by atoms with E-state index in [9.17, 15) is 0 Å². The van der Waals surface area contributed by atoms with Gasteiger partial charge in [-0.1, -0.05) is 170 Å². The maximum absolute atomic E-state index is 2.43. The van der Waals surface area contributed by atoms with Crippen LogP contribution in [0.2, 0.25) is 0 Å². The minimum atomic E-state index is 0.227. The molecule has 0 heteroatoms. The molecule has 2 aliphatic carbocycles. The van der Waals surface area contributed by atoms with E-state index in [1.807, 2.05) is 0 Å². The number of benzene rings is 8. The number of hydrogen-bond acceptors (Lipinski definition) is 0. The van der Waals surface area contributed by atoms with Crippen molar-refractivity contribution in [3.63, 3.8) is 0 Å². The molecule has 0 aliphatic heterocycles. The van der Waals surface area contributed by atoms with Crippen molar-refractivity contribution in [3.05, 3.63) is 215 Å². The summed E-state index contributed by atoms with van der Waals surface area (Å²) in [5, 5.41) is 2.58. The fraction of sp³-hybridized carbons (Fsp3) is 0.0417. The molecule has 2 atom stereocenters. The zero-order valence-corrected chi connectivity index (χ0v) is 26.5. The van der Waals surface area contributed by atoms with Gasteiger partial charge in [-0.2, -0.15) is 0 Å². The van der Waals surface area contributed by atoms with E-state index in [2.05, 4.69) is 182 Å². The molecule has 0 spiro atoms. The first kappa shape index (κ1) is 27.2. The first-order valence-corrected chi connectivity index (χ1v) is 16.9. The average molecular weight is 609 g/mol. The normalized spacial score (nSPS) is 15.5. The molecule has 8 aromatic rings. The van der Waals surface area contributed by atoms with Gasteiger partial charge in [0.1, 0.15) is 0 Å². The third kappa shape index (κ3) is 4.23. The summed E-state index contributed by atoms with van der Waals surface area (Å²) in [5.41, 5.74) is 18.6. The Morgan fingerprint density at radius 2 is 0.708 bits per heavy atom. The van der Waals surface area contributed by atoms with Crippen LogP contribution < -0.4 is 0 Å². The second-order valence-corrected chi connectivity index (χ2v) is 13.2. The van der Waals surface area contributed by atoms with Gasteiger partial charge in [-0.05, 0) is 101 Å². The van der Waals surface area contributed by atoms with Crippen LogP contribution in [0.5, 0.6) is 0 Å². The third-order valence-electron chi connectivity index (χ3n) is 10.6. The van der Waals surface area contributed by atoms with Gasteiger partial charge in [0.05, 0.1) is 0 Å². The van der Waals surface area contributed by atoms with Crippen LogP contribution in [0.4, 0.5) is 0 Å². The molecular weight excluding hydrogens is 577 g/mol. The van der Waals surface area contributed by atoms with Crippen molar-refractivity contribution in [1.82, 2.24) is 0 Å². The fourth-order valence-electron chi connectivity index (χ4n) is 8.37. The number of hydrogen-bond donors (Lipinski definition) is 0. The van der Waals surface area contributed by atoms with Gasteiger partial charge in [0.15, 0.2) is 0 Å². The minimum absolute atomic E-state index is 0.227. The minimum Gasteiger partial charge on any atom is -0.0622 e. The summed E-state index contributed by atoms with van der Waals surface area (Å²) >= 11 is 0. The van der Waals surface area contributed by atoms with Crippen LogP contribution in [-0.2, 0) is 0 Å². The van der Waals surface area contributed by atoms with E-state index < -0.39 is 0 Å². The molecule has 0 radical (unpaired) electrons. The Labute approximate surface area is 281 Å². The van der Waals surface area contributed by atoms with E-state index in [4.69, 9.17) is 0 Å². The smallest absolute Gasteiger partial charge is 0.0352 e. The first-order valence-electron chi connectivity index (χ1n) is 16.9. The summed E-state index contributed by atoms with van der Waals surface area (Å²) in [5.74, 6) is 0.459. The third-order valence-corrected chi connectivity index (χ3v) is 10.6. The quantitative estimate of drug-likeness (QED) is 0.186. The Bertz CT molecular complexity index is 2500. The highest BCUT2D eigenvalue weighted by Gasteiger charge is 2.32. The maximum atomic E-state index is 2.43. The summed E-state index contributed by atoms with van der Waals surface area (Å²) in [6, 6.07) is 67.7. The van der Waals surface area contributed by atoms with Crippen molar-refractivity contribution in [3.8, 4) is 44.5 Å². The lowest BCUT2D eigenvalue weighted by Crippen LogP contribution is -1.99. The van der Waals surface area contributed by atoms with Gasteiger partial charge in [-0.3, -0.25) is 0 Å². The van der Waals surface area contributed by atoms with Crippen LogP contribution in [0, 0.1) is 0 Å². The summed E-state index contributed by atoms with van der Waals surface area (Å²) in [7, 11) is 0. The molecule has 0 fully saturated rings. The maximum Gasteiger partial charge on any atom is 0.0352 e. The molecule has 0 saturated carbocycles. The predicted octanol–water partition coefficient (Wildman–Crippen LogP) is 12.5. The molecule has 0 N–H and O–H groups in total. The monoisotopic (exact) mass is 608 g/mol. The number of fused-ring (bicyclic) bond motifs is 7. The molecule has 224 valence electrons. The van der Waals surface area contributed by atoms with E-state index >= 15 is 0 Å². The second-order valence-electron chi connectivity index (χ2n) is 13.2. The number of rotatable bonds is 4. The summed E-state index contributed by atoms with van der Waals surface area (Å²) in [4.78, 5) is 0. The van der Waals surface area contributed by atoms with Gasteiger partial charge in [0.2, 0.25) is 0 Å². The SMILES string of the molecule is c1ccc(-c2ccc(C3c4ccccc4-c4cc(-c5ccc6c(c5)-c5ccccc5C6c5ccc6ccccc6c5)ccc43)cc2)cc1. The van der Waals surface area contributed by atoms with Crippen LogP contribution in [0.15, 0.2) is 182 Å². The van der Waals surface area contributed by atoms with Gasteiger partial charge in [0, 0.05) is 11.8 Å². The first-order chi connectivity index (χ1) is 23.8. The highest BCUT2D eigenvalue weighted by molar-refractivity contribution is 5.89. The Morgan fingerprint density at radius 1 is 0.250 bits per heavy atom. The van der Waals surface area contributed by atoms with Crippen LogP contribution in [0.3, 0.4) is 0 Å². The van der Waals surface area contributed by atoms with Crippen LogP contribution in [0.25, 0.3) is 55.3 Å². The predicted molar refractivity (Wildman–Crippen MR) is 200 cm³/mol. The van der Waals surface area contributed by atoms with Crippen molar-refractivity contribution >= 4 is 10.8 Å². The zero-order valence-electron chi connectivity index (χ0n) is 26.5. The average Bonchev–Trinajstić information content (AvgIpc) is 3.67. The van der Waals surface area contributed by atoms with Crippen molar-refractivity contribution in [2.24, 2.45) is 0 Å².